The quantitative estimate of drug-likeness (QED) is 0.756. The van der Waals surface area contributed by atoms with Crippen molar-refractivity contribution >= 4 is 17.7 Å². The number of hydrogen-bond donors (Lipinski definition) is 1. The molecule has 3 fully saturated rings. The van der Waals surface area contributed by atoms with Crippen LogP contribution in [0.1, 0.15) is 30.4 Å². The maximum absolute atomic E-state index is 13.3. The van der Waals surface area contributed by atoms with Gasteiger partial charge in [0.25, 0.3) is 0 Å². The summed E-state index contributed by atoms with van der Waals surface area (Å²) >= 11 is 0. The van der Waals surface area contributed by atoms with Gasteiger partial charge in [0, 0.05) is 13.0 Å². The number of nitrogens with one attached hydrogen (secondary N) is 1. The lowest BCUT2D eigenvalue weighted by Gasteiger charge is -2.27. The smallest absolute Gasteiger partial charge is 0.243 e. The van der Waals surface area contributed by atoms with Crippen LogP contribution in [0.3, 0.4) is 0 Å². The van der Waals surface area contributed by atoms with E-state index < -0.39 is 6.04 Å². The van der Waals surface area contributed by atoms with E-state index in [9.17, 15) is 14.4 Å². The first-order valence-corrected chi connectivity index (χ1v) is 10.9. The Balaban J connectivity index is 1.40. The summed E-state index contributed by atoms with van der Waals surface area (Å²) in [6.07, 6.45) is 3.39. The van der Waals surface area contributed by atoms with Crippen LogP contribution in [0.5, 0.6) is 0 Å². The molecule has 0 radical (unpaired) electrons. The molecule has 0 unspecified atom stereocenters. The number of imide groups is 1. The van der Waals surface area contributed by atoms with E-state index in [1.54, 1.807) is 0 Å². The predicted molar refractivity (Wildman–Crippen MR) is 112 cm³/mol. The number of nitrogens with zero attached hydrogens (tertiary/aromatic N) is 1. The average molecular weight is 402 g/mol. The Labute approximate surface area is 176 Å². The van der Waals surface area contributed by atoms with Crippen LogP contribution >= 0.6 is 0 Å². The first kappa shape index (κ1) is 19.0. The van der Waals surface area contributed by atoms with Crippen LogP contribution in [0.15, 0.2) is 60.7 Å². The van der Waals surface area contributed by atoms with Gasteiger partial charge < -0.3 is 5.32 Å². The molecule has 5 atom stereocenters. The van der Waals surface area contributed by atoms with Crippen molar-refractivity contribution in [3.05, 3.63) is 71.8 Å². The molecule has 1 heterocycles. The summed E-state index contributed by atoms with van der Waals surface area (Å²) in [6, 6.07) is 18.5. The summed E-state index contributed by atoms with van der Waals surface area (Å²) in [7, 11) is 0. The number of likely N-dealkylation sites (tertiary alicyclic amines) is 1. The van der Waals surface area contributed by atoms with Crippen molar-refractivity contribution in [1.29, 1.82) is 0 Å². The summed E-state index contributed by atoms with van der Waals surface area (Å²) in [6.45, 7) is 0.374. The highest BCUT2D eigenvalue weighted by atomic mass is 16.2. The maximum atomic E-state index is 13.3. The molecule has 3 aliphatic rings. The Morgan fingerprint density at radius 1 is 0.867 bits per heavy atom. The molecular weight excluding hydrogens is 376 g/mol. The second-order valence-electron chi connectivity index (χ2n) is 8.84. The average Bonchev–Trinajstić information content (AvgIpc) is 3.46. The Morgan fingerprint density at radius 2 is 1.40 bits per heavy atom. The monoisotopic (exact) mass is 402 g/mol. The fourth-order valence-electron chi connectivity index (χ4n) is 5.78. The van der Waals surface area contributed by atoms with Crippen LogP contribution in [0, 0.1) is 23.7 Å². The maximum Gasteiger partial charge on any atom is 0.243 e. The highest BCUT2D eigenvalue weighted by Gasteiger charge is 2.62. The van der Waals surface area contributed by atoms with Crippen molar-refractivity contribution in [2.45, 2.75) is 38.3 Å². The Bertz CT molecular complexity index is 931. The second kappa shape index (κ2) is 7.71. The zero-order valence-corrected chi connectivity index (χ0v) is 16.9. The van der Waals surface area contributed by atoms with Crippen LogP contribution in [0.4, 0.5) is 0 Å². The lowest BCUT2D eigenvalue weighted by Crippen LogP contribution is -2.51. The van der Waals surface area contributed by atoms with Crippen molar-refractivity contribution in [3.8, 4) is 0 Å². The SMILES string of the molecule is O=C(NCc1ccccc1)[C@@H](Cc1ccccc1)N1C(=O)[C@@H]2[C@@H]3CC[C@@H](C3)[C@@H]2C1=O. The molecule has 5 heteroatoms. The molecule has 2 saturated carbocycles. The molecule has 1 aliphatic heterocycles. The number of rotatable bonds is 6. The third kappa shape index (κ3) is 3.22. The van der Waals surface area contributed by atoms with Crippen molar-refractivity contribution in [1.82, 2.24) is 10.2 Å². The summed E-state index contributed by atoms with van der Waals surface area (Å²) in [4.78, 5) is 41.2. The molecule has 0 spiro atoms. The van der Waals surface area contributed by atoms with E-state index in [0.29, 0.717) is 24.8 Å². The van der Waals surface area contributed by atoms with Crippen LogP contribution in [-0.2, 0) is 27.3 Å². The minimum atomic E-state index is -0.805. The van der Waals surface area contributed by atoms with Gasteiger partial charge in [-0.3, -0.25) is 19.3 Å². The van der Waals surface area contributed by atoms with Gasteiger partial charge in [-0.25, -0.2) is 0 Å². The van der Waals surface area contributed by atoms with E-state index in [1.807, 2.05) is 60.7 Å². The standard InChI is InChI=1S/C25H26N2O3/c28-23(26-15-17-9-5-2-6-10-17)20(13-16-7-3-1-4-8-16)27-24(29)21-18-11-12-19(14-18)22(21)25(27)30/h1-10,18-22H,11-15H2,(H,26,28)/t18-,19+,20-,21-,22+/m1/s1. The predicted octanol–water partition coefficient (Wildman–Crippen LogP) is 2.95. The van der Waals surface area contributed by atoms with E-state index in [4.69, 9.17) is 0 Å². The molecule has 2 aliphatic carbocycles. The largest absolute Gasteiger partial charge is 0.350 e. The summed E-state index contributed by atoms with van der Waals surface area (Å²) in [5.74, 6) is -0.331. The summed E-state index contributed by atoms with van der Waals surface area (Å²) in [5, 5.41) is 2.96. The van der Waals surface area contributed by atoms with E-state index in [1.165, 1.54) is 4.90 Å². The van der Waals surface area contributed by atoms with Gasteiger partial charge in [0.15, 0.2) is 0 Å². The molecule has 5 rings (SSSR count). The molecule has 2 bridgehead atoms. The fourth-order valence-corrected chi connectivity index (χ4v) is 5.78. The third-order valence-electron chi connectivity index (χ3n) is 7.16. The molecule has 2 aromatic carbocycles. The van der Waals surface area contributed by atoms with Crippen molar-refractivity contribution in [2.24, 2.45) is 23.7 Å². The molecule has 1 N–H and O–H groups in total. The summed E-state index contributed by atoms with van der Waals surface area (Å²) in [5.41, 5.74) is 1.93. The van der Waals surface area contributed by atoms with Gasteiger partial charge in [-0.1, -0.05) is 60.7 Å². The Morgan fingerprint density at radius 3 is 1.97 bits per heavy atom. The molecule has 154 valence electrons. The molecule has 3 amide bonds. The van der Waals surface area contributed by atoms with Gasteiger partial charge in [0.1, 0.15) is 6.04 Å². The van der Waals surface area contributed by atoms with Gasteiger partial charge in [-0.2, -0.15) is 0 Å². The highest BCUT2D eigenvalue weighted by molar-refractivity contribution is 6.09. The zero-order valence-electron chi connectivity index (χ0n) is 16.9. The molecule has 30 heavy (non-hydrogen) atoms. The van der Waals surface area contributed by atoms with Crippen LogP contribution in [0.2, 0.25) is 0 Å². The van der Waals surface area contributed by atoms with Crippen molar-refractivity contribution in [2.75, 3.05) is 0 Å². The lowest BCUT2D eigenvalue weighted by atomic mass is 9.81. The van der Waals surface area contributed by atoms with E-state index in [0.717, 1.165) is 30.4 Å². The number of fused-ring (bicyclic) bond motifs is 5. The second-order valence-corrected chi connectivity index (χ2v) is 8.84. The van der Waals surface area contributed by atoms with Gasteiger partial charge in [-0.05, 0) is 42.2 Å². The molecule has 0 aromatic heterocycles. The topological polar surface area (TPSA) is 66.5 Å². The Hall–Kier alpha value is -2.95. The fraction of sp³-hybridized carbons (Fsp3) is 0.400. The minimum absolute atomic E-state index is 0.131. The number of amides is 3. The first-order valence-electron chi connectivity index (χ1n) is 10.9. The van der Waals surface area contributed by atoms with E-state index in [2.05, 4.69) is 5.32 Å². The van der Waals surface area contributed by atoms with Crippen LogP contribution in [-0.4, -0.2) is 28.7 Å². The summed E-state index contributed by atoms with van der Waals surface area (Å²) < 4.78 is 0. The van der Waals surface area contributed by atoms with Crippen molar-refractivity contribution < 1.29 is 14.4 Å². The normalized spacial score (nSPS) is 27.9. The van der Waals surface area contributed by atoms with Gasteiger partial charge in [-0.15, -0.1) is 0 Å². The van der Waals surface area contributed by atoms with Crippen LogP contribution in [0.25, 0.3) is 0 Å². The lowest BCUT2D eigenvalue weighted by molar-refractivity contribution is -0.148. The minimum Gasteiger partial charge on any atom is -0.350 e. The molecule has 1 saturated heterocycles. The Kier molecular flexibility index (Phi) is 4.89. The van der Waals surface area contributed by atoms with Crippen molar-refractivity contribution in [3.63, 3.8) is 0 Å². The zero-order chi connectivity index (χ0) is 20.7. The van der Waals surface area contributed by atoms with E-state index in [-0.39, 0.29) is 29.6 Å². The number of benzene rings is 2. The number of hydrogen-bond acceptors (Lipinski definition) is 3. The number of carbonyl (C=O) groups is 3. The highest BCUT2D eigenvalue weighted by Crippen LogP contribution is 2.56. The van der Waals surface area contributed by atoms with Gasteiger partial charge in [0.05, 0.1) is 11.8 Å². The van der Waals surface area contributed by atoms with Gasteiger partial charge in [0.2, 0.25) is 17.7 Å². The molecular formula is C25H26N2O3. The van der Waals surface area contributed by atoms with Crippen LogP contribution < -0.4 is 5.32 Å². The number of carbonyl (C=O) groups excluding carboxylic acids is 3. The van der Waals surface area contributed by atoms with E-state index >= 15 is 0 Å². The van der Waals surface area contributed by atoms with Gasteiger partial charge >= 0.3 is 0 Å². The molecule has 5 nitrogen and oxygen atoms in total. The first-order chi connectivity index (χ1) is 14.6. The molecule has 2 aromatic rings. The third-order valence-corrected chi connectivity index (χ3v) is 7.16.